The maximum Gasteiger partial charge on any atom is 0.321 e. The van der Waals surface area contributed by atoms with E-state index in [1.807, 2.05) is 56.9 Å². The molecule has 0 unspecified atom stereocenters. The van der Waals surface area contributed by atoms with Gasteiger partial charge in [-0.2, -0.15) is 0 Å². The fourth-order valence-electron chi connectivity index (χ4n) is 2.29. The summed E-state index contributed by atoms with van der Waals surface area (Å²) in [6.45, 7) is 4.71. The van der Waals surface area contributed by atoms with E-state index in [1.54, 1.807) is 11.1 Å². The van der Waals surface area contributed by atoms with Crippen molar-refractivity contribution in [1.29, 1.82) is 0 Å². The first-order valence-electron chi connectivity index (χ1n) is 7.53. The molecule has 0 aliphatic rings. The first-order valence-corrected chi connectivity index (χ1v) is 7.53. The fourth-order valence-corrected chi connectivity index (χ4v) is 2.29. The lowest BCUT2D eigenvalue weighted by Crippen LogP contribution is -2.32. The summed E-state index contributed by atoms with van der Waals surface area (Å²) >= 11 is 0. The van der Waals surface area contributed by atoms with Gasteiger partial charge in [0.2, 0.25) is 0 Å². The van der Waals surface area contributed by atoms with Crippen LogP contribution in [0.15, 0.2) is 30.6 Å². The SMILES string of the molecule is Cc1ccc(C)c(NC(=O)N(C)CCCc2nccn2C)c1. The van der Waals surface area contributed by atoms with Crippen molar-refractivity contribution >= 4 is 11.7 Å². The number of nitrogens with zero attached hydrogens (tertiary/aromatic N) is 3. The summed E-state index contributed by atoms with van der Waals surface area (Å²) in [6, 6.07) is 5.98. The molecule has 1 N–H and O–H groups in total. The van der Waals surface area contributed by atoms with E-state index >= 15 is 0 Å². The van der Waals surface area contributed by atoms with E-state index in [9.17, 15) is 4.79 Å². The van der Waals surface area contributed by atoms with Crippen molar-refractivity contribution in [2.24, 2.45) is 7.05 Å². The quantitative estimate of drug-likeness (QED) is 0.922. The van der Waals surface area contributed by atoms with Crippen LogP contribution in [0.2, 0.25) is 0 Å². The van der Waals surface area contributed by atoms with Gasteiger partial charge >= 0.3 is 6.03 Å². The number of nitrogens with one attached hydrogen (secondary N) is 1. The van der Waals surface area contributed by atoms with Crippen LogP contribution in [0.4, 0.5) is 10.5 Å². The summed E-state index contributed by atoms with van der Waals surface area (Å²) in [5.74, 6) is 1.04. The Bertz CT molecular complexity index is 648. The van der Waals surface area contributed by atoms with Gasteiger partial charge in [0.05, 0.1) is 0 Å². The molecule has 0 spiro atoms. The fraction of sp³-hybridized carbons (Fsp3) is 0.412. The number of carbonyl (C=O) groups excluding carboxylic acids is 1. The standard InChI is InChI=1S/C17H24N4O/c1-13-7-8-14(2)15(12-13)19-17(22)21(4)10-5-6-16-18-9-11-20(16)3/h7-9,11-12H,5-6,10H2,1-4H3,(H,19,22). The Balaban J connectivity index is 1.84. The van der Waals surface area contributed by atoms with Gasteiger partial charge in [-0.1, -0.05) is 12.1 Å². The molecule has 118 valence electrons. The molecular weight excluding hydrogens is 276 g/mol. The average molecular weight is 300 g/mol. The van der Waals surface area contributed by atoms with Crippen LogP contribution < -0.4 is 5.32 Å². The van der Waals surface area contributed by atoms with Crippen LogP contribution in [0.3, 0.4) is 0 Å². The zero-order valence-electron chi connectivity index (χ0n) is 13.8. The predicted molar refractivity (Wildman–Crippen MR) is 89.1 cm³/mol. The summed E-state index contributed by atoms with van der Waals surface area (Å²) in [5.41, 5.74) is 3.08. The average Bonchev–Trinajstić information content (AvgIpc) is 2.88. The number of urea groups is 1. The van der Waals surface area contributed by atoms with Crippen molar-refractivity contribution in [3.63, 3.8) is 0 Å². The topological polar surface area (TPSA) is 50.2 Å². The number of hydrogen-bond acceptors (Lipinski definition) is 2. The zero-order valence-corrected chi connectivity index (χ0v) is 13.8. The molecule has 1 aromatic carbocycles. The molecule has 2 aromatic rings. The lowest BCUT2D eigenvalue weighted by atomic mass is 10.1. The van der Waals surface area contributed by atoms with E-state index in [0.717, 1.165) is 35.5 Å². The maximum atomic E-state index is 12.2. The second-order valence-electron chi connectivity index (χ2n) is 5.73. The van der Waals surface area contributed by atoms with Crippen LogP contribution in [-0.2, 0) is 13.5 Å². The third kappa shape index (κ3) is 4.10. The third-order valence-corrected chi connectivity index (χ3v) is 3.80. The van der Waals surface area contributed by atoms with Gasteiger partial charge in [-0.05, 0) is 37.5 Å². The van der Waals surface area contributed by atoms with E-state index in [0.29, 0.717) is 6.54 Å². The van der Waals surface area contributed by atoms with Crippen LogP contribution in [0.5, 0.6) is 0 Å². The van der Waals surface area contributed by atoms with Crippen LogP contribution >= 0.6 is 0 Å². The summed E-state index contributed by atoms with van der Waals surface area (Å²) in [6.07, 6.45) is 5.49. The lowest BCUT2D eigenvalue weighted by molar-refractivity contribution is 0.222. The first-order chi connectivity index (χ1) is 10.5. The molecule has 1 aromatic heterocycles. The van der Waals surface area contributed by atoms with Gasteiger partial charge in [0.1, 0.15) is 5.82 Å². The van der Waals surface area contributed by atoms with Crippen molar-refractivity contribution < 1.29 is 4.79 Å². The summed E-state index contributed by atoms with van der Waals surface area (Å²) in [4.78, 5) is 18.2. The van der Waals surface area contributed by atoms with E-state index in [2.05, 4.69) is 10.3 Å². The third-order valence-electron chi connectivity index (χ3n) is 3.80. The summed E-state index contributed by atoms with van der Waals surface area (Å²) in [7, 11) is 3.80. The monoisotopic (exact) mass is 300 g/mol. The number of carbonyl (C=O) groups is 1. The van der Waals surface area contributed by atoms with Gasteiger partial charge in [0.25, 0.3) is 0 Å². The van der Waals surface area contributed by atoms with Gasteiger partial charge in [0, 0.05) is 45.1 Å². The van der Waals surface area contributed by atoms with E-state index in [1.165, 1.54) is 0 Å². The molecule has 0 radical (unpaired) electrons. The number of imidazole rings is 1. The lowest BCUT2D eigenvalue weighted by Gasteiger charge is -2.19. The van der Waals surface area contributed by atoms with Gasteiger partial charge < -0.3 is 14.8 Å². The minimum atomic E-state index is -0.0754. The van der Waals surface area contributed by atoms with E-state index in [4.69, 9.17) is 0 Å². The minimum absolute atomic E-state index is 0.0754. The first kappa shape index (κ1) is 16.1. The Hall–Kier alpha value is -2.30. The molecule has 0 saturated heterocycles. The van der Waals surface area contributed by atoms with Crippen molar-refractivity contribution in [3.05, 3.63) is 47.5 Å². The van der Waals surface area contributed by atoms with Crippen molar-refractivity contribution in [2.75, 3.05) is 18.9 Å². The van der Waals surface area contributed by atoms with Crippen LogP contribution in [0.1, 0.15) is 23.4 Å². The minimum Gasteiger partial charge on any atom is -0.338 e. The molecule has 22 heavy (non-hydrogen) atoms. The number of aryl methyl sites for hydroxylation is 4. The van der Waals surface area contributed by atoms with E-state index < -0.39 is 0 Å². The second kappa shape index (κ2) is 7.11. The molecule has 5 nitrogen and oxygen atoms in total. The molecule has 0 aliphatic heterocycles. The van der Waals surface area contributed by atoms with Crippen LogP contribution in [0, 0.1) is 13.8 Å². The largest absolute Gasteiger partial charge is 0.338 e. The van der Waals surface area contributed by atoms with Crippen LogP contribution in [-0.4, -0.2) is 34.1 Å². The Labute approximate surface area is 132 Å². The molecule has 2 amide bonds. The molecule has 0 fully saturated rings. The Morgan fingerprint density at radius 2 is 2.14 bits per heavy atom. The highest BCUT2D eigenvalue weighted by molar-refractivity contribution is 5.90. The molecule has 2 rings (SSSR count). The Morgan fingerprint density at radius 1 is 1.36 bits per heavy atom. The normalized spacial score (nSPS) is 10.5. The van der Waals surface area contributed by atoms with Crippen molar-refractivity contribution in [3.8, 4) is 0 Å². The van der Waals surface area contributed by atoms with Gasteiger partial charge in [-0.3, -0.25) is 0 Å². The maximum absolute atomic E-state index is 12.2. The van der Waals surface area contributed by atoms with Crippen LogP contribution in [0.25, 0.3) is 0 Å². The predicted octanol–water partition coefficient (Wildman–Crippen LogP) is 3.13. The van der Waals surface area contributed by atoms with Gasteiger partial charge in [0.15, 0.2) is 0 Å². The molecule has 0 saturated carbocycles. The van der Waals surface area contributed by atoms with Gasteiger partial charge in [-0.25, -0.2) is 9.78 Å². The number of anilines is 1. The highest BCUT2D eigenvalue weighted by Crippen LogP contribution is 2.16. The smallest absolute Gasteiger partial charge is 0.321 e. The highest BCUT2D eigenvalue weighted by atomic mass is 16.2. The number of rotatable bonds is 5. The molecular formula is C17H24N4O. The molecule has 5 heteroatoms. The zero-order chi connectivity index (χ0) is 16.1. The molecule has 0 atom stereocenters. The number of amides is 2. The summed E-state index contributed by atoms with van der Waals surface area (Å²) < 4.78 is 2.01. The highest BCUT2D eigenvalue weighted by Gasteiger charge is 2.10. The second-order valence-corrected chi connectivity index (χ2v) is 5.73. The van der Waals surface area contributed by atoms with Crippen molar-refractivity contribution in [2.45, 2.75) is 26.7 Å². The Morgan fingerprint density at radius 3 is 2.82 bits per heavy atom. The van der Waals surface area contributed by atoms with Crippen molar-refractivity contribution in [1.82, 2.24) is 14.5 Å². The number of aromatic nitrogens is 2. The molecule has 1 heterocycles. The van der Waals surface area contributed by atoms with E-state index in [-0.39, 0.29) is 6.03 Å². The number of hydrogen-bond donors (Lipinski definition) is 1. The van der Waals surface area contributed by atoms with Gasteiger partial charge in [-0.15, -0.1) is 0 Å². The molecule has 0 aliphatic carbocycles. The summed E-state index contributed by atoms with van der Waals surface area (Å²) in [5, 5.41) is 2.97. The Kier molecular flexibility index (Phi) is 5.20. The number of benzene rings is 1. The molecule has 0 bridgehead atoms.